The first kappa shape index (κ1) is 27.1. The fraction of sp³-hybridized carbons (Fsp3) is 0.500. The predicted molar refractivity (Wildman–Crippen MR) is 112 cm³/mol. The molecule has 1 aliphatic heterocycles. The fourth-order valence-corrected chi connectivity index (χ4v) is 3.82. The van der Waals surface area contributed by atoms with Gasteiger partial charge in [0.05, 0.1) is 13.2 Å². The van der Waals surface area contributed by atoms with Crippen LogP contribution in [0.25, 0.3) is 0 Å². The average Bonchev–Trinajstić information content (AvgIpc) is 2.80. The van der Waals surface area contributed by atoms with Crippen LogP contribution < -0.4 is 9.47 Å². The molecule has 0 aromatic heterocycles. The molecule has 2 aromatic carbocycles. The van der Waals surface area contributed by atoms with Gasteiger partial charge in [0.15, 0.2) is 0 Å². The first-order chi connectivity index (χ1) is 16.4. The monoisotopic (exact) mass is 510 g/mol. The van der Waals surface area contributed by atoms with Gasteiger partial charge in [-0.3, -0.25) is 0 Å². The van der Waals surface area contributed by atoms with E-state index in [0.29, 0.717) is 0 Å². The summed E-state index contributed by atoms with van der Waals surface area (Å²) in [6.07, 6.45) is -9.59. The van der Waals surface area contributed by atoms with Gasteiger partial charge in [-0.05, 0) is 48.9 Å². The normalized spacial score (nSPS) is 18.5. The number of aryl methyl sites for hydroxylation is 2. The summed E-state index contributed by atoms with van der Waals surface area (Å²) in [6, 6.07) is 12.2. The summed E-state index contributed by atoms with van der Waals surface area (Å²) in [5, 5.41) is 10.8. The van der Waals surface area contributed by atoms with Crippen molar-refractivity contribution in [1.29, 1.82) is 0 Å². The Morgan fingerprint density at radius 1 is 0.657 bits per heavy atom. The minimum Gasteiger partial charge on any atom is -0.491 e. The van der Waals surface area contributed by atoms with E-state index >= 15 is 0 Å². The predicted octanol–water partition coefficient (Wildman–Crippen LogP) is 5.60. The summed E-state index contributed by atoms with van der Waals surface area (Å²) in [4.78, 5) is 0. The van der Waals surface area contributed by atoms with Crippen LogP contribution in [0, 0.1) is 0 Å². The van der Waals surface area contributed by atoms with E-state index in [0.717, 1.165) is 0 Å². The number of hydrogen-bond acceptors (Lipinski definition) is 4. The maximum Gasteiger partial charge on any atom is 0.459 e. The molecule has 0 atom stereocenters. The molecule has 0 unspecified atom stereocenters. The number of benzene rings is 2. The Labute approximate surface area is 197 Å². The lowest BCUT2D eigenvalue weighted by Gasteiger charge is -2.40. The molecule has 0 radical (unpaired) electrons. The van der Waals surface area contributed by atoms with Crippen LogP contribution in [0.3, 0.4) is 0 Å². The van der Waals surface area contributed by atoms with Crippen molar-refractivity contribution in [2.24, 2.45) is 0 Å². The van der Waals surface area contributed by atoms with E-state index in [4.69, 9.17) is 14.2 Å². The highest BCUT2D eigenvalue weighted by molar-refractivity contribution is 5.35. The number of halogens is 7. The highest BCUT2D eigenvalue weighted by Crippen LogP contribution is 2.53. The van der Waals surface area contributed by atoms with Crippen molar-refractivity contribution in [2.75, 3.05) is 26.4 Å². The van der Waals surface area contributed by atoms with Crippen molar-refractivity contribution in [1.82, 2.24) is 0 Å². The third kappa shape index (κ3) is 5.83. The smallest absolute Gasteiger partial charge is 0.459 e. The second kappa shape index (κ2) is 10.6. The molecule has 3 rings (SSSR count). The van der Waals surface area contributed by atoms with E-state index in [1.165, 1.54) is 36.4 Å². The lowest BCUT2D eigenvalue weighted by atomic mass is 9.80. The van der Waals surface area contributed by atoms with E-state index in [-0.39, 0.29) is 49.1 Å². The summed E-state index contributed by atoms with van der Waals surface area (Å²) < 4.78 is 113. The molecule has 4 nitrogen and oxygen atoms in total. The highest BCUT2D eigenvalue weighted by Gasteiger charge is 2.79. The molecule has 0 saturated carbocycles. The summed E-state index contributed by atoms with van der Waals surface area (Å²) in [6.45, 7) is 0.471. The maximum atomic E-state index is 14.9. The Morgan fingerprint density at radius 2 is 1.09 bits per heavy atom. The minimum atomic E-state index is -6.57. The summed E-state index contributed by atoms with van der Waals surface area (Å²) in [7, 11) is 0. The average molecular weight is 510 g/mol. The first-order valence-electron chi connectivity index (χ1n) is 10.9. The quantitative estimate of drug-likeness (QED) is 0.535. The molecule has 11 heteroatoms. The van der Waals surface area contributed by atoms with E-state index in [9.17, 15) is 35.8 Å². The number of hydrogen-bond donors (Lipinski definition) is 1. The number of alkyl halides is 7. The van der Waals surface area contributed by atoms with Crippen LogP contribution in [-0.4, -0.2) is 55.2 Å². The fourth-order valence-electron chi connectivity index (χ4n) is 3.82. The Morgan fingerprint density at radius 3 is 1.51 bits per heavy atom. The van der Waals surface area contributed by atoms with Crippen molar-refractivity contribution in [3.8, 4) is 11.5 Å². The van der Waals surface area contributed by atoms with Gasteiger partial charge < -0.3 is 19.3 Å². The molecule has 0 spiro atoms. The molecule has 0 aliphatic carbocycles. The summed E-state index contributed by atoms with van der Waals surface area (Å²) >= 11 is 0. The zero-order chi connectivity index (χ0) is 25.7. The van der Waals surface area contributed by atoms with Gasteiger partial charge in [-0.2, -0.15) is 30.7 Å². The second-order valence-electron chi connectivity index (χ2n) is 8.20. The molecule has 0 amide bonds. The van der Waals surface area contributed by atoms with Crippen molar-refractivity contribution in [3.05, 3.63) is 59.7 Å². The lowest BCUT2D eigenvalue weighted by Crippen LogP contribution is -2.64. The lowest BCUT2D eigenvalue weighted by molar-refractivity contribution is -0.389. The largest absolute Gasteiger partial charge is 0.491 e. The standard InChI is InChI=1S/C24H25F7O4/c25-22(26,23(27,28)24(29,30)31)21(32)11-9-17-5-1-3-7-19(17)34-15-13-33-14-16-35-20-8-4-2-6-18(20)10-12-21/h1-8,32H,9-16H2. The van der Waals surface area contributed by atoms with Gasteiger partial charge in [0, 0.05) is 0 Å². The van der Waals surface area contributed by atoms with Crippen LogP contribution in [0.15, 0.2) is 48.5 Å². The molecule has 1 aliphatic rings. The molecular weight excluding hydrogens is 485 g/mol. The molecule has 0 saturated heterocycles. The van der Waals surface area contributed by atoms with E-state index in [1.54, 1.807) is 12.1 Å². The zero-order valence-corrected chi connectivity index (χ0v) is 18.6. The van der Waals surface area contributed by atoms with Crippen LogP contribution in [-0.2, 0) is 17.6 Å². The molecule has 194 valence electrons. The molecule has 1 heterocycles. The molecule has 0 fully saturated rings. The molecule has 35 heavy (non-hydrogen) atoms. The van der Waals surface area contributed by atoms with Crippen molar-refractivity contribution in [2.45, 2.75) is 49.3 Å². The molecule has 2 aromatic rings. The van der Waals surface area contributed by atoms with E-state index in [2.05, 4.69) is 0 Å². The Balaban J connectivity index is 2.00. The number of para-hydroxylation sites is 2. The number of aliphatic hydroxyl groups is 1. The van der Waals surface area contributed by atoms with Crippen molar-refractivity contribution in [3.63, 3.8) is 0 Å². The third-order valence-corrected chi connectivity index (χ3v) is 5.87. The number of ether oxygens (including phenoxy) is 3. The molecular formula is C24H25F7O4. The molecule has 1 N–H and O–H groups in total. The Kier molecular flexibility index (Phi) is 8.21. The van der Waals surface area contributed by atoms with Gasteiger partial charge in [-0.15, -0.1) is 0 Å². The second-order valence-corrected chi connectivity index (χ2v) is 8.20. The topological polar surface area (TPSA) is 47.9 Å². The number of fused-ring (bicyclic) bond motifs is 2. The van der Waals surface area contributed by atoms with E-state index in [1.807, 2.05) is 0 Å². The van der Waals surface area contributed by atoms with Crippen LogP contribution >= 0.6 is 0 Å². The third-order valence-electron chi connectivity index (χ3n) is 5.87. The Bertz CT molecular complexity index is 923. The Hall–Kier alpha value is -2.53. The van der Waals surface area contributed by atoms with Gasteiger partial charge in [0.25, 0.3) is 0 Å². The van der Waals surface area contributed by atoms with Gasteiger partial charge in [-0.25, -0.2) is 0 Å². The van der Waals surface area contributed by atoms with Crippen LogP contribution in [0.1, 0.15) is 24.0 Å². The first-order valence-corrected chi connectivity index (χ1v) is 10.9. The van der Waals surface area contributed by atoms with Crippen LogP contribution in [0.4, 0.5) is 30.7 Å². The van der Waals surface area contributed by atoms with Crippen LogP contribution in [0.2, 0.25) is 0 Å². The number of rotatable bonds is 2. The van der Waals surface area contributed by atoms with Gasteiger partial charge >= 0.3 is 18.0 Å². The van der Waals surface area contributed by atoms with Gasteiger partial charge in [0.2, 0.25) is 0 Å². The minimum absolute atomic E-state index is 0.0696. The SMILES string of the molecule is OC1(C(F)(F)C(F)(F)C(F)(F)F)CCc2ccccc2OCCOCCOc2ccccc2CC1. The summed E-state index contributed by atoms with van der Waals surface area (Å²) in [5.74, 6) is -11.8. The maximum absolute atomic E-state index is 14.9. The zero-order valence-electron chi connectivity index (χ0n) is 18.6. The molecule has 0 bridgehead atoms. The van der Waals surface area contributed by atoms with E-state index < -0.39 is 49.3 Å². The van der Waals surface area contributed by atoms with Gasteiger partial charge in [0.1, 0.15) is 30.3 Å². The van der Waals surface area contributed by atoms with Crippen molar-refractivity contribution < 1.29 is 50.1 Å². The van der Waals surface area contributed by atoms with Gasteiger partial charge in [-0.1, -0.05) is 36.4 Å². The van der Waals surface area contributed by atoms with Crippen molar-refractivity contribution >= 4 is 0 Å². The highest BCUT2D eigenvalue weighted by atomic mass is 19.4. The summed E-state index contributed by atoms with van der Waals surface area (Å²) in [5.41, 5.74) is -3.16. The van der Waals surface area contributed by atoms with Crippen LogP contribution in [0.5, 0.6) is 11.5 Å².